The molecule has 1 aromatic rings. The molecule has 0 spiro atoms. The molecule has 0 saturated heterocycles. The molecule has 1 unspecified atom stereocenters. The zero-order valence-corrected chi connectivity index (χ0v) is 15.1. The van der Waals surface area contributed by atoms with Crippen molar-refractivity contribution in [3.63, 3.8) is 0 Å². The lowest BCUT2D eigenvalue weighted by Crippen LogP contribution is -2.41. The van der Waals surface area contributed by atoms with Crippen molar-refractivity contribution in [1.29, 1.82) is 0 Å². The van der Waals surface area contributed by atoms with Gasteiger partial charge in [0.1, 0.15) is 0 Å². The Bertz CT molecular complexity index is 484. The van der Waals surface area contributed by atoms with Crippen molar-refractivity contribution >= 4 is 6.21 Å². The van der Waals surface area contributed by atoms with Gasteiger partial charge < -0.3 is 0 Å². The molecule has 1 heterocycles. The summed E-state index contributed by atoms with van der Waals surface area (Å²) in [6.07, 6.45) is 15.3. The first-order valence-corrected chi connectivity index (χ1v) is 9.64. The molecule has 24 heavy (non-hydrogen) atoms. The Labute approximate surface area is 146 Å². The predicted molar refractivity (Wildman–Crippen MR) is 101 cm³/mol. The number of benzene rings is 1. The third kappa shape index (κ3) is 6.16. The largest absolute Gasteiger partial charge is 0.283 e. The maximum atomic E-state index is 4.31. The van der Waals surface area contributed by atoms with Crippen LogP contribution in [0.4, 0.5) is 0 Å². The first-order chi connectivity index (χ1) is 11.9. The van der Waals surface area contributed by atoms with Gasteiger partial charge in [0.15, 0.2) is 5.66 Å². The molecule has 132 valence electrons. The molecule has 0 radical (unpaired) electrons. The Balaban J connectivity index is 1.57. The van der Waals surface area contributed by atoms with Crippen LogP contribution in [-0.4, -0.2) is 12.8 Å². The topological polar surface area (TPSA) is 49.1 Å². The minimum Gasteiger partial charge on any atom is -0.283 e. The summed E-state index contributed by atoms with van der Waals surface area (Å²) in [7, 11) is 0. The van der Waals surface area contributed by atoms with Gasteiger partial charge in [0, 0.05) is 5.56 Å². The summed E-state index contributed by atoms with van der Waals surface area (Å²) in [5.41, 5.74) is 0.544. The Morgan fingerprint density at radius 3 is 2.04 bits per heavy atom. The van der Waals surface area contributed by atoms with E-state index < -0.39 is 5.66 Å². The fourth-order valence-corrected chi connectivity index (χ4v) is 3.13. The fraction of sp³-hybridized carbons (Fsp3) is 0.650. The van der Waals surface area contributed by atoms with E-state index in [0.29, 0.717) is 0 Å². The lowest BCUT2D eigenvalue weighted by atomic mass is 10.0. The molecular weight excluding hydrogens is 296 g/mol. The standard InChI is InChI=1S/C20H32N4/c1-2-3-4-5-6-7-8-9-10-14-17-21-20(18-22-24-23-20)19-15-12-11-13-16-19/h11-13,15-16,18,21H,2-10,14,17H2,1H3. The summed E-state index contributed by atoms with van der Waals surface area (Å²) in [5.74, 6) is 0. The van der Waals surface area contributed by atoms with E-state index in [1.165, 1.54) is 64.2 Å². The Morgan fingerprint density at radius 1 is 0.833 bits per heavy atom. The summed E-state index contributed by atoms with van der Waals surface area (Å²) in [4.78, 5) is 0. The molecule has 4 nitrogen and oxygen atoms in total. The highest BCUT2D eigenvalue weighted by Gasteiger charge is 2.32. The third-order valence-electron chi connectivity index (χ3n) is 4.64. The maximum absolute atomic E-state index is 4.31. The quantitative estimate of drug-likeness (QED) is 0.457. The van der Waals surface area contributed by atoms with E-state index >= 15 is 0 Å². The summed E-state index contributed by atoms with van der Waals surface area (Å²) in [6, 6.07) is 10.2. The molecule has 1 atom stereocenters. The molecule has 0 aliphatic carbocycles. The third-order valence-corrected chi connectivity index (χ3v) is 4.64. The summed E-state index contributed by atoms with van der Waals surface area (Å²) < 4.78 is 0. The van der Waals surface area contributed by atoms with E-state index in [2.05, 4.69) is 39.8 Å². The average Bonchev–Trinajstić information content (AvgIpc) is 3.10. The van der Waals surface area contributed by atoms with Crippen LogP contribution < -0.4 is 5.32 Å². The molecule has 4 heteroatoms. The van der Waals surface area contributed by atoms with Crippen LogP contribution in [0, 0.1) is 0 Å². The molecule has 2 rings (SSSR count). The van der Waals surface area contributed by atoms with Gasteiger partial charge in [-0.3, -0.25) is 5.32 Å². The van der Waals surface area contributed by atoms with Gasteiger partial charge in [-0.25, -0.2) is 0 Å². The molecule has 0 aromatic heterocycles. The molecule has 1 aliphatic heterocycles. The van der Waals surface area contributed by atoms with Crippen molar-refractivity contribution < 1.29 is 0 Å². The molecule has 1 aromatic carbocycles. The van der Waals surface area contributed by atoms with Crippen LogP contribution >= 0.6 is 0 Å². The molecule has 1 N–H and O–H groups in total. The lowest BCUT2D eigenvalue weighted by Gasteiger charge is -2.23. The number of hydrogen-bond donors (Lipinski definition) is 1. The van der Waals surface area contributed by atoms with Crippen LogP contribution in [0.3, 0.4) is 0 Å². The molecule has 0 saturated carbocycles. The molecule has 0 fully saturated rings. The normalized spacial score (nSPS) is 19.2. The molecular formula is C20H32N4. The Hall–Kier alpha value is -1.55. The van der Waals surface area contributed by atoms with Gasteiger partial charge in [0.05, 0.1) is 6.21 Å². The Kier molecular flexibility index (Phi) is 8.67. The van der Waals surface area contributed by atoms with Crippen molar-refractivity contribution in [3.8, 4) is 0 Å². The summed E-state index contributed by atoms with van der Waals surface area (Å²) in [5, 5.41) is 15.6. The highest BCUT2D eigenvalue weighted by molar-refractivity contribution is 5.73. The number of nitrogens with zero attached hydrogens (tertiary/aromatic N) is 3. The van der Waals surface area contributed by atoms with Gasteiger partial charge >= 0.3 is 0 Å². The van der Waals surface area contributed by atoms with E-state index in [-0.39, 0.29) is 0 Å². The lowest BCUT2D eigenvalue weighted by molar-refractivity contribution is 0.448. The van der Waals surface area contributed by atoms with Crippen molar-refractivity contribution in [1.82, 2.24) is 5.32 Å². The smallest absolute Gasteiger partial charge is 0.197 e. The molecule has 1 aliphatic rings. The van der Waals surface area contributed by atoms with Crippen LogP contribution in [0.15, 0.2) is 45.8 Å². The molecule has 0 amide bonds. The summed E-state index contributed by atoms with van der Waals surface area (Å²) >= 11 is 0. The highest BCUT2D eigenvalue weighted by atomic mass is 15.5. The van der Waals surface area contributed by atoms with Crippen LogP contribution in [-0.2, 0) is 5.66 Å². The van der Waals surface area contributed by atoms with Gasteiger partial charge in [0.25, 0.3) is 0 Å². The van der Waals surface area contributed by atoms with Gasteiger partial charge in [-0.2, -0.15) is 0 Å². The maximum Gasteiger partial charge on any atom is 0.197 e. The highest BCUT2D eigenvalue weighted by Crippen LogP contribution is 2.25. The van der Waals surface area contributed by atoms with Crippen molar-refractivity contribution in [2.24, 2.45) is 15.4 Å². The Morgan fingerprint density at radius 2 is 1.46 bits per heavy atom. The van der Waals surface area contributed by atoms with E-state index in [1.807, 2.05) is 18.2 Å². The second kappa shape index (κ2) is 11.1. The summed E-state index contributed by atoms with van der Waals surface area (Å²) in [6.45, 7) is 3.21. The SMILES string of the molecule is CCCCCCCCCCCCNC1(c2ccccc2)C=NN=N1. The van der Waals surface area contributed by atoms with Crippen LogP contribution in [0.1, 0.15) is 76.7 Å². The number of hydrogen-bond acceptors (Lipinski definition) is 4. The zero-order chi connectivity index (χ0) is 16.9. The number of rotatable bonds is 13. The zero-order valence-electron chi connectivity index (χ0n) is 15.1. The minimum absolute atomic E-state index is 0.555. The number of nitrogens with one attached hydrogen (secondary N) is 1. The second-order valence-corrected chi connectivity index (χ2v) is 6.68. The van der Waals surface area contributed by atoms with Gasteiger partial charge in [-0.05, 0) is 18.2 Å². The van der Waals surface area contributed by atoms with E-state index in [4.69, 9.17) is 0 Å². The first kappa shape index (κ1) is 18.8. The minimum atomic E-state index is -0.555. The van der Waals surface area contributed by atoms with Gasteiger partial charge in [-0.1, -0.05) is 95.0 Å². The number of unbranched alkanes of at least 4 members (excludes halogenated alkanes) is 9. The van der Waals surface area contributed by atoms with Crippen LogP contribution in [0.2, 0.25) is 0 Å². The fourth-order valence-electron chi connectivity index (χ4n) is 3.13. The van der Waals surface area contributed by atoms with Crippen LogP contribution in [0.25, 0.3) is 0 Å². The van der Waals surface area contributed by atoms with E-state index in [1.54, 1.807) is 6.21 Å². The van der Waals surface area contributed by atoms with E-state index in [0.717, 1.165) is 12.1 Å². The van der Waals surface area contributed by atoms with Crippen LogP contribution in [0.5, 0.6) is 0 Å². The van der Waals surface area contributed by atoms with Crippen molar-refractivity contribution in [3.05, 3.63) is 35.9 Å². The average molecular weight is 329 g/mol. The van der Waals surface area contributed by atoms with E-state index in [9.17, 15) is 0 Å². The monoisotopic (exact) mass is 328 g/mol. The van der Waals surface area contributed by atoms with Gasteiger partial charge in [0.2, 0.25) is 0 Å². The van der Waals surface area contributed by atoms with Crippen molar-refractivity contribution in [2.75, 3.05) is 6.54 Å². The second-order valence-electron chi connectivity index (χ2n) is 6.68. The van der Waals surface area contributed by atoms with Gasteiger partial charge in [-0.15, -0.1) is 10.2 Å². The molecule has 0 bridgehead atoms. The first-order valence-electron chi connectivity index (χ1n) is 9.64. The van der Waals surface area contributed by atoms with Crippen molar-refractivity contribution in [2.45, 2.75) is 76.8 Å². The predicted octanol–water partition coefficient (Wildman–Crippen LogP) is 5.80.